The summed E-state index contributed by atoms with van der Waals surface area (Å²) in [5.41, 5.74) is 1.01. The number of amides is 1. The third kappa shape index (κ3) is 3.94. The number of hydrogen-bond donors (Lipinski definition) is 0. The Kier molecular flexibility index (Phi) is 5.99. The molecule has 1 atom stereocenters. The van der Waals surface area contributed by atoms with Crippen LogP contribution in [0.15, 0.2) is 29.2 Å². The Balaban J connectivity index is 1.72. The van der Waals surface area contributed by atoms with Crippen molar-refractivity contribution in [1.82, 2.24) is 9.21 Å². The Bertz CT molecular complexity index is 724. The normalized spacial score (nSPS) is 22.7. The van der Waals surface area contributed by atoms with Crippen LogP contribution >= 0.6 is 0 Å². The van der Waals surface area contributed by atoms with E-state index in [0.717, 1.165) is 24.8 Å². The van der Waals surface area contributed by atoms with E-state index in [0.29, 0.717) is 32.7 Å². The fraction of sp³-hybridized carbons (Fsp3) is 0.632. The first-order valence-corrected chi connectivity index (χ1v) is 10.9. The van der Waals surface area contributed by atoms with Gasteiger partial charge in [0.05, 0.1) is 11.0 Å². The van der Waals surface area contributed by atoms with Gasteiger partial charge in [-0.15, -0.1) is 0 Å². The average molecular weight is 381 g/mol. The molecular formula is C19H28N2O4S. The van der Waals surface area contributed by atoms with Crippen molar-refractivity contribution in [1.29, 1.82) is 0 Å². The highest BCUT2D eigenvalue weighted by molar-refractivity contribution is 7.89. The van der Waals surface area contributed by atoms with Crippen molar-refractivity contribution < 1.29 is 17.9 Å². The number of carbonyl (C=O) groups is 1. The van der Waals surface area contributed by atoms with Crippen molar-refractivity contribution in [2.24, 2.45) is 0 Å². The lowest BCUT2D eigenvalue weighted by Crippen LogP contribution is -2.50. The highest BCUT2D eigenvalue weighted by Gasteiger charge is 2.41. The van der Waals surface area contributed by atoms with Crippen LogP contribution in [-0.4, -0.2) is 61.9 Å². The highest BCUT2D eigenvalue weighted by Crippen LogP contribution is 2.28. The molecule has 0 bridgehead atoms. The molecule has 3 rings (SSSR count). The second kappa shape index (κ2) is 8.06. The quantitative estimate of drug-likeness (QED) is 0.785. The second-order valence-corrected chi connectivity index (χ2v) is 8.96. The molecule has 0 N–H and O–H groups in total. The lowest BCUT2D eigenvalue weighted by molar-refractivity contribution is -0.137. The maximum atomic E-state index is 13.0. The van der Waals surface area contributed by atoms with Crippen molar-refractivity contribution in [2.75, 3.05) is 26.2 Å². The van der Waals surface area contributed by atoms with Gasteiger partial charge in [0.15, 0.2) is 0 Å². The summed E-state index contributed by atoms with van der Waals surface area (Å²) in [6.45, 7) is 6.26. The van der Waals surface area contributed by atoms with Gasteiger partial charge in [0, 0.05) is 26.2 Å². The van der Waals surface area contributed by atoms with E-state index in [4.69, 9.17) is 4.74 Å². The summed E-state index contributed by atoms with van der Waals surface area (Å²) in [5, 5.41) is 0. The van der Waals surface area contributed by atoms with Gasteiger partial charge in [-0.05, 0) is 51.7 Å². The van der Waals surface area contributed by atoms with Crippen molar-refractivity contribution in [3.05, 3.63) is 29.8 Å². The van der Waals surface area contributed by atoms with Gasteiger partial charge in [-0.2, -0.15) is 4.31 Å². The predicted octanol–water partition coefficient (Wildman–Crippen LogP) is 2.18. The number of rotatable bonds is 5. The molecule has 7 heteroatoms. The maximum Gasteiger partial charge on any atom is 0.243 e. The van der Waals surface area contributed by atoms with Crippen LogP contribution in [-0.2, 0) is 19.6 Å². The lowest BCUT2D eigenvalue weighted by atomic mass is 10.1. The number of aryl methyl sites for hydroxylation is 1. The van der Waals surface area contributed by atoms with Crippen molar-refractivity contribution in [2.45, 2.75) is 56.6 Å². The molecule has 144 valence electrons. The molecule has 1 aromatic rings. The molecule has 0 aromatic heterocycles. The van der Waals surface area contributed by atoms with E-state index in [1.807, 2.05) is 18.7 Å². The molecule has 2 fully saturated rings. The lowest BCUT2D eigenvalue weighted by Gasteiger charge is -2.35. The fourth-order valence-corrected chi connectivity index (χ4v) is 5.46. The molecule has 2 heterocycles. The number of nitrogens with zero attached hydrogens (tertiary/aromatic N) is 2. The van der Waals surface area contributed by atoms with E-state index in [-0.39, 0.29) is 16.9 Å². The van der Waals surface area contributed by atoms with Gasteiger partial charge in [0.1, 0.15) is 6.04 Å². The number of likely N-dealkylation sites (tertiary alicyclic amines) is 1. The molecule has 0 aliphatic carbocycles. The predicted molar refractivity (Wildman–Crippen MR) is 99.3 cm³/mol. The summed E-state index contributed by atoms with van der Waals surface area (Å²) >= 11 is 0. The van der Waals surface area contributed by atoms with Crippen LogP contribution in [0.4, 0.5) is 0 Å². The molecule has 0 unspecified atom stereocenters. The topological polar surface area (TPSA) is 66.9 Å². The third-order valence-electron chi connectivity index (χ3n) is 5.27. The SMILES string of the molecule is CCOC1CCN(C(=O)[C@@H]2CCCN2S(=O)(=O)c2ccc(C)cc2)CC1. The van der Waals surface area contributed by atoms with Crippen LogP contribution < -0.4 is 0 Å². The number of ether oxygens (including phenoxy) is 1. The van der Waals surface area contributed by atoms with Crippen molar-refractivity contribution in [3.8, 4) is 0 Å². The third-order valence-corrected chi connectivity index (χ3v) is 7.19. The summed E-state index contributed by atoms with van der Waals surface area (Å²) in [4.78, 5) is 15.1. The molecule has 0 spiro atoms. The second-order valence-electron chi connectivity index (χ2n) is 7.07. The maximum absolute atomic E-state index is 13.0. The zero-order valence-electron chi connectivity index (χ0n) is 15.6. The van der Waals surface area contributed by atoms with E-state index in [2.05, 4.69) is 0 Å². The number of benzene rings is 1. The van der Waals surface area contributed by atoms with E-state index < -0.39 is 16.1 Å². The molecule has 2 saturated heterocycles. The van der Waals surface area contributed by atoms with Crippen LogP contribution in [0.2, 0.25) is 0 Å². The van der Waals surface area contributed by atoms with Crippen LogP contribution in [0.25, 0.3) is 0 Å². The minimum Gasteiger partial charge on any atom is -0.378 e. The first kappa shape index (κ1) is 19.3. The van der Waals surface area contributed by atoms with Gasteiger partial charge >= 0.3 is 0 Å². The van der Waals surface area contributed by atoms with Crippen LogP contribution in [0.1, 0.15) is 38.2 Å². The van der Waals surface area contributed by atoms with Gasteiger partial charge in [-0.3, -0.25) is 4.79 Å². The summed E-state index contributed by atoms with van der Waals surface area (Å²) in [6, 6.07) is 6.25. The average Bonchev–Trinajstić information content (AvgIpc) is 3.13. The van der Waals surface area contributed by atoms with Crippen molar-refractivity contribution in [3.63, 3.8) is 0 Å². The minimum absolute atomic E-state index is 0.0619. The molecule has 2 aliphatic rings. The van der Waals surface area contributed by atoms with Crippen LogP contribution in [0, 0.1) is 6.92 Å². The molecule has 0 saturated carbocycles. The molecule has 1 amide bonds. The largest absolute Gasteiger partial charge is 0.378 e. The Hall–Kier alpha value is -1.44. The molecular weight excluding hydrogens is 352 g/mol. The number of carbonyl (C=O) groups excluding carboxylic acids is 1. The van der Waals surface area contributed by atoms with E-state index in [9.17, 15) is 13.2 Å². The highest BCUT2D eigenvalue weighted by atomic mass is 32.2. The van der Waals surface area contributed by atoms with Gasteiger partial charge < -0.3 is 9.64 Å². The standard InChI is InChI=1S/C19H28N2O4S/c1-3-25-16-10-13-20(14-11-16)19(22)18-5-4-12-21(18)26(23,24)17-8-6-15(2)7-9-17/h6-9,16,18H,3-5,10-14H2,1-2H3/t18-/m0/s1. The zero-order valence-corrected chi connectivity index (χ0v) is 16.4. The Morgan fingerprint density at radius 1 is 1.12 bits per heavy atom. The first-order valence-electron chi connectivity index (χ1n) is 9.42. The minimum atomic E-state index is -3.65. The molecule has 0 radical (unpaired) electrons. The zero-order chi connectivity index (χ0) is 18.7. The summed E-state index contributed by atoms with van der Waals surface area (Å²) < 4.78 is 33.1. The van der Waals surface area contributed by atoms with Crippen molar-refractivity contribution >= 4 is 15.9 Å². The fourth-order valence-electron chi connectivity index (χ4n) is 3.81. The van der Waals surface area contributed by atoms with Gasteiger partial charge in [0.25, 0.3) is 0 Å². The first-order chi connectivity index (χ1) is 12.4. The Morgan fingerprint density at radius 3 is 2.38 bits per heavy atom. The smallest absolute Gasteiger partial charge is 0.243 e. The monoisotopic (exact) mass is 380 g/mol. The number of piperidine rings is 1. The van der Waals surface area contributed by atoms with Gasteiger partial charge in [-0.25, -0.2) is 8.42 Å². The molecule has 2 aliphatic heterocycles. The van der Waals surface area contributed by atoms with E-state index >= 15 is 0 Å². The van der Waals surface area contributed by atoms with Crippen LogP contribution in [0.5, 0.6) is 0 Å². The molecule has 1 aromatic carbocycles. The summed E-state index contributed by atoms with van der Waals surface area (Å²) in [6.07, 6.45) is 3.15. The Morgan fingerprint density at radius 2 is 1.77 bits per heavy atom. The van der Waals surface area contributed by atoms with E-state index in [1.54, 1.807) is 24.3 Å². The van der Waals surface area contributed by atoms with Gasteiger partial charge in [-0.1, -0.05) is 17.7 Å². The molecule has 26 heavy (non-hydrogen) atoms. The number of hydrogen-bond acceptors (Lipinski definition) is 4. The number of sulfonamides is 1. The summed E-state index contributed by atoms with van der Waals surface area (Å²) in [7, 11) is -3.65. The Labute approximate surface area is 156 Å². The summed E-state index contributed by atoms with van der Waals surface area (Å²) in [5.74, 6) is -0.0619. The van der Waals surface area contributed by atoms with Crippen LogP contribution in [0.3, 0.4) is 0 Å². The van der Waals surface area contributed by atoms with Gasteiger partial charge in [0.2, 0.25) is 15.9 Å². The van der Waals surface area contributed by atoms with E-state index in [1.165, 1.54) is 4.31 Å². The molecule has 6 nitrogen and oxygen atoms in total.